The average Bonchev–Trinajstić information content (AvgIpc) is 2.27. The van der Waals surface area contributed by atoms with E-state index in [0.717, 1.165) is 23.1 Å². The first-order valence-corrected chi connectivity index (χ1v) is 7.34. The summed E-state index contributed by atoms with van der Waals surface area (Å²) >= 11 is 7.20. The van der Waals surface area contributed by atoms with Crippen molar-refractivity contribution in [1.29, 1.82) is 0 Å². The van der Waals surface area contributed by atoms with Gasteiger partial charge in [-0.2, -0.15) is 0 Å². The molecule has 0 bridgehead atoms. The van der Waals surface area contributed by atoms with Crippen LogP contribution < -0.4 is 4.74 Å². The second-order valence-corrected chi connectivity index (χ2v) is 6.09. The average molecular weight is 350 g/mol. The number of hydrogen-bond acceptors (Lipinski definition) is 1. The number of aryl methyl sites for hydroxylation is 1. The largest absolute Gasteiger partial charge is 0.496 e. The maximum Gasteiger partial charge on any atom is 0.122 e. The summed E-state index contributed by atoms with van der Waals surface area (Å²) in [4.78, 5) is 0.612. The lowest BCUT2D eigenvalue weighted by atomic mass is 10.1. The summed E-state index contributed by atoms with van der Waals surface area (Å²) in [6.45, 7) is 2.22. The highest BCUT2D eigenvalue weighted by atomic mass is 79.9. The standard InChI is InChI=1S/C13H18Br2O/c1-3-4-11(14)6-5-10-9-12(15)7-8-13(10)16-2/h7-9,11H,3-6H2,1-2H3. The van der Waals surface area contributed by atoms with Crippen molar-refractivity contribution in [3.8, 4) is 5.75 Å². The summed E-state index contributed by atoms with van der Waals surface area (Å²) in [7, 11) is 1.73. The molecule has 0 aliphatic heterocycles. The van der Waals surface area contributed by atoms with E-state index in [4.69, 9.17) is 4.74 Å². The molecular weight excluding hydrogens is 332 g/mol. The molecular formula is C13H18Br2O. The van der Waals surface area contributed by atoms with Crippen LogP contribution in [0.4, 0.5) is 0 Å². The molecule has 0 aliphatic rings. The zero-order valence-electron chi connectivity index (χ0n) is 9.80. The van der Waals surface area contributed by atoms with Gasteiger partial charge in [-0.3, -0.25) is 0 Å². The Morgan fingerprint density at radius 2 is 2.06 bits per heavy atom. The summed E-state index contributed by atoms with van der Waals surface area (Å²) in [6.07, 6.45) is 4.67. The van der Waals surface area contributed by atoms with Gasteiger partial charge in [-0.1, -0.05) is 45.2 Å². The van der Waals surface area contributed by atoms with Crippen LogP contribution in [0.15, 0.2) is 22.7 Å². The van der Waals surface area contributed by atoms with Crippen molar-refractivity contribution < 1.29 is 4.74 Å². The van der Waals surface area contributed by atoms with Crippen molar-refractivity contribution in [2.45, 2.75) is 37.4 Å². The molecule has 0 N–H and O–H groups in total. The lowest BCUT2D eigenvalue weighted by Gasteiger charge is -2.11. The monoisotopic (exact) mass is 348 g/mol. The van der Waals surface area contributed by atoms with Gasteiger partial charge in [0.15, 0.2) is 0 Å². The topological polar surface area (TPSA) is 9.23 Å². The molecule has 3 heteroatoms. The van der Waals surface area contributed by atoms with E-state index < -0.39 is 0 Å². The van der Waals surface area contributed by atoms with Gasteiger partial charge in [0.05, 0.1) is 7.11 Å². The first kappa shape index (κ1) is 14.0. The predicted octanol–water partition coefficient (Wildman–Crippen LogP) is 4.95. The molecule has 1 unspecified atom stereocenters. The maximum absolute atomic E-state index is 5.36. The van der Waals surface area contributed by atoms with Crippen molar-refractivity contribution in [3.63, 3.8) is 0 Å². The van der Waals surface area contributed by atoms with E-state index in [1.165, 1.54) is 18.4 Å². The van der Waals surface area contributed by atoms with Crippen LogP contribution in [0.3, 0.4) is 0 Å². The third-order valence-corrected chi connectivity index (χ3v) is 3.98. The number of hydrogen-bond donors (Lipinski definition) is 0. The number of alkyl halides is 1. The SMILES string of the molecule is CCCC(Br)CCc1cc(Br)ccc1OC. The molecule has 0 heterocycles. The molecule has 16 heavy (non-hydrogen) atoms. The molecule has 90 valence electrons. The van der Waals surface area contributed by atoms with Gasteiger partial charge in [0.25, 0.3) is 0 Å². The van der Waals surface area contributed by atoms with Crippen LogP contribution in [0, 0.1) is 0 Å². The van der Waals surface area contributed by atoms with Crippen LogP contribution in [0.2, 0.25) is 0 Å². The molecule has 0 spiro atoms. The highest BCUT2D eigenvalue weighted by Crippen LogP contribution is 2.26. The minimum absolute atomic E-state index is 0.612. The van der Waals surface area contributed by atoms with E-state index in [1.54, 1.807) is 7.11 Å². The number of methoxy groups -OCH3 is 1. The van der Waals surface area contributed by atoms with Crippen LogP contribution in [0.1, 0.15) is 31.7 Å². The van der Waals surface area contributed by atoms with Crippen molar-refractivity contribution >= 4 is 31.9 Å². The van der Waals surface area contributed by atoms with Crippen molar-refractivity contribution in [2.24, 2.45) is 0 Å². The van der Waals surface area contributed by atoms with Gasteiger partial charge >= 0.3 is 0 Å². The van der Waals surface area contributed by atoms with E-state index in [9.17, 15) is 0 Å². The molecule has 1 aromatic rings. The minimum atomic E-state index is 0.612. The highest BCUT2D eigenvalue weighted by Gasteiger charge is 2.07. The fourth-order valence-corrected chi connectivity index (χ4v) is 2.81. The van der Waals surface area contributed by atoms with Gasteiger partial charge in [0.2, 0.25) is 0 Å². The molecule has 0 aliphatic carbocycles. The Kier molecular flexibility index (Phi) is 6.44. The lowest BCUT2D eigenvalue weighted by Crippen LogP contribution is -2.01. The second kappa shape index (κ2) is 7.33. The Morgan fingerprint density at radius 1 is 1.31 bits per heavy atom. The zero-order valence-corrected chi connectivity index (χ0v) is 13.0. The Hall–Kier alpha value is -0.0200. The molecule has 1 nitrogen and oxygen atoms in total. The zero-order chi connectivity index (χ0) is 12.0. The fourth-order valence-electron chi connectivity index (χ4n) is 1.71. The number of benzene rings is 1. The quantitative estimate of drug-likeness (QED) is 0.660. The summed E-state index contributed by atoms with van der Waals surface area (Å²) in [5.74, 6) is 0.986. The number of rotatable bonds is 6. The van der Waals surface area contributed by atoms with Crippen LogP contribution in [0.5, 0.6) is 5.75 Å². The van der Waals surface area contributed by atoms with Gasteiger partial charge in [-0.15, -0.1) is 0 Å². The third kappa shape index (κ3) is 4.46. The Labute approximate surface area is 115 Å². The van der Waals surface area contributed by atoms with Gasteiger partial charge in [0.1, 0.15) is 5.75 Å². The van der Waals surface area contributed by atoms with Gasteiger partial charge in [-0.25, -0.2) is 0 Å². The molecule has 0 amide bonds. The van der Waals surface area contributed by atoms with Crippen LogP contribution in [0.25, 0.3) is 0 Å². The number of halogens is 2. The molecule has 0 radical (unpaired) electrons. The third-order valence-electron chi connectivity index (χ3n) is 2.57. The van der Waals surface area contributed by atoms with Crippen LogP contribution in [-0.4, -0.2) is 11.9 Å². The van der Waals surface area contributed by atoms with Gasteiger partial charge in [-0.05, 0) is 43.0 Å². The van der Waals surface area contributed by atoms with E-state index in [1.807, 2.05) is 12.1 Å². The molecule has 0 aromatic heterocycles. The molecule has 0 fully saturated rings. The molecule has 0 saturated heterocycles. The molecule has 1 atom stereocenters. The first-order chi connectivity index (χ1) is 7.67. The Morgan fingerprint density at radius 3 is 2.69 bits per heavy atom. The van der Waals surface area contributed by atoms with Crippen molar-refractivity contribution in [1.82, 2.24) is 0 Å². The summed E-state index contributed by atoms with van der Waals surface area (Å²) in [5.41, 5.74) is 1.28. The van der Waals surface area contributed by atoms with Crippen molar-refractivity contribution in [3.05, 3.63) is 28.2 Å². The second-order valence-electron chi connectivity index (χ2n) is 3.88. The molecule has 1 rings (SSSR count). The lowest BCUT2D eigenvalue weighted by molar-refractivity contribution is 0.409. The first-order valence-electron chi connectivity index (χ1n) is 5.63. The van der Waals surface area contributed by atoms with E-state index in [2.05, 4.69) is 44.8 Å². The van der Waals surface area contributed by atoms with E-state index in [-0.39, 0.29) is 0 Å². The Bertz CT molecular complexity index is 326. The normalized spacial score (nSPS) is 12.5. The Balaban J connectivity index is 2.61. The maximum atomic E-state index is 5.36. The molecule has 1 aromatic carbocycles. The van der Waals surface area contributed by atoms with Crippen LogP contribution in [-0.2, 0) is 6.42 Å². The number of ether oxygens (including phenoxy) is 1. The smallest absolute Gasteiger partial charge is 0.122 e. The van der Waals surface area contributed by atoms with Crippen LogP contribution >= 0.6 is 31.9 Å². The summed E-state index contributed by atoms with van der Waals surface area (Å²) in [5, 5.41) is 0. The van der Waals surface area contributed by atoms with E-state index >= 15 is 0 Å². The molecule has 0 saturated carbocycles. The highest BCUT2D eigenvalue weighted by molar-refractivity contribution is 9.10. The summed E-state index contributed by atoms with van der Waals surface area (Å²) < 4.78 is 6.47. The van der Waals surface area contributed by atoms with Crippen molar-refractivity contribution in [2.75, 3.05) is 7.11 Å². The minimum Gasteiger partial charge on any atom is -0.496 e. The van der Waals surface area contributed by atoms with Gasteiger partial charge in [0, 0.05) is 9.30 Å². The summed E-state index contributed by atoms with van der Waals surface area (Å²) in [6, 6.07) is 6.17. The fraction of sp³-hybridized carbons (Fsp3) is 0.538. The van der Waals surface area contributed by atoms with E-state index in [0.29, 0.717) is 4.83 Å². The van der Waals surface area contributed by atoms with Gasteiger partial charge < -0.3 is 4.74 Å². The predicted molar refractivity (Wildman–Crippen MR) is 76.6 cm³/mol.